The third-order valence-corrected chi connectivity index (χ3v) is 10.3. The molecule has 1 fully saturated rings. The van der Waals surface area contributed by atoms with Gasteiger partial charge in [-0.1, -0.05) is 36.8 Å². The van der Waals surface area contributed by atoms with E-state index in [-0.39, 0.29) is 85.7 Å². The second kappa shape index (κ2) is 15.0. The lowest BCUT2D eigenvalue weighted by Crippen LogP contribution is -2.50. The van der Waals surface area contributed by atoms with Gasteiger partial charge in [-0.25, -0.2) is 23.4 Å². The zero-order valence-electron chi connectivity index (χ0n) is 32.6. The van der Waals surface area contributed by atoms with Gasteiger partial charge in [0.05, 0.1) is 37.8 Å². The topological polar surface area (TPSA) is 143 Å². The molecule has 4 heterocycles. The van der Waals surface area contributed by atoms with Crippen molar-refractivity contribution in [3.8, 4) is 22.9 Å². The van der Waals surface area contributed by atoms with Crippen LogP contribution in [0.15, 0.2) is 35.3 Å². The number of thiazole rings is 1. The maximum Gasteiger partial charge on any atom is 0.413 e. The van der Waals surface area contributed by atoms with Crippen LogP contribution in [0.4, 0.5) is 29.2 Å². The molecule has 5 aromatic rings. The van der Waals surface area contributed by atoms with Crippen molar-refractivity contribution < 1.29 is 27.8 Å². The first-order valence-electron chi connectivity index (χ1n) is 18.0. The van der Waals surface area contributed by atoms with Crippen molar-refractivity contribution in [2.24, 2.45) is 0 Å². The summed E-state index contributed by atoms with van der Waals surface area (Å²) in [6.07, 6.45) is 0.318. The van der Waals surface area contributed by atoms with Gasteiger partial charge >= 0.3 is 12.2 Å². The molecule has 0 spiro atoms. The van der Waals surface area contributed by atoms with Crippen LogP contribution < -0.4 is 15.8 Å². The van der Waals surface area contributed by atoms with Gasteiger partial charge in [0.2, 0.25) is 0 Å². The lowest BCUT2D eigenvalue weighted by molar-refractivity contribution is 0.0240. The first kappa shape index (κ1) is 40.3. The number of hydrogen-bond donors (Lipinski definition) is 1. The highest BCUT2D eigenvalue weighted by atomic mass is 35.5. The van der Waals surface area contributed by atoms with E-state index in [2.05, 4.69) is 21.4 Å². The summed E-state index contributed by atoms with van der Waals surface area (Å²) in [5.41, 5.74) is -0.701. The summed E-state index contributed by atoms with van der Waals surface area (Å²) in [6.45, 7) is 16.8. The highest BCUT2D eigenvalue weighted by Gasteiger charge is 2.33. The number of carbonyl (C=O) groups excluding carboxylic acids is 2. The molecule has 0 saturated carbocycles. The van der Waals surface area contributed by atoms with E-state index in [0.29, 0.717) is 16.9 Å². The van der Waals surface area contributed by atoms with Gasteiger partial charge in [0.1, 0.15) is 34.5 Å². The number of aromatic nitrogens is 3. The summed E-state index contributed by atoms with van der Waals surface area (Å²) in [6, 6.07) is 7.51. The lowest BCUT2D eigenvalue weighted by Gasteiger charge is -2.37. The molecule has 0 radical (unpaired) electrons. The van der Waals surface area contributed by atoms with Crippen LogP contribution in [0.25, 0.3) is 37.9 Å². The molecule has 1 aliphatic rings. The Bertz CT molecular complexity index is 2510. The number of fused-ring (bicyclic) bond motifs is 2. The summed E-state index contributed by atoms with van der Waals surface area (Å²) >= 11 is 8.17. The number of ether oxygens (including phenoxy) is 2. The third-order valence-electron chi connectivity index (χ3n) is 8.98. The van der Waals surface area contributed by atoms with Crippen LogP contribution >= 0.6 is 22.9 Å². The molecule has 3 aromatic heterocycles. The summed E-state index contributed by atoms with van der Waals surface area (Å²) in [7, 11) is 0. The van der Waals surface area contributed by atoms with Crippen LogP contribution in [-0.2, 0) is 9.47 Å². The van der Waals surface area contributed by atoms with Gasteiger partial charge in [0.15, 0.2) is 5.13 Å². The van der Waals surface area contributed by atoms with Crippen molar-refractivity contribution in [2.45, 2.75) is 79.4 Å². The average Bonchev–Trinajstić information content (AvgIpc) is 3.52. The molecule has 0 atom stereocenters. The van der Waals surface area contributed by atoms with Crippen molar-refractivity contribution >= 4 is 67.1 Å². The van der Waals surface area contributed by atoms with E-state index in [1.54, 1.807) is 65.6 Å². The van der Waals surface area contributed by atoms with Gasteiger partial charge in [-0.2, -0.15) is 5.26 Å². The van der Waals surface area contributed by atoms with Crippen molar-refractivity contribution in [2.75, 3.05) is 36.4 Å². The van der Waals surface area contributed by atoms with Crippen molar-refractivity contribution in [3.05, 3.63) is 74.3 Å². The van der Waals surface area contributed by atoms with Crippen molar-refractivity contribution in [1.82, 2.24) is 19.4 Å². The van der Waals surface area contributed by atoms with Crippen LogP contribution in [0, 0.1) is 29.9 Å². The molecule has 1 aliphatic heterocycles. The fourth-order valence-corrected chi connectivity index (χ4v) is 7.95. The number of pyridine rings is 2. The van der Waals surface area contributed by atoms with E-state index in [4.69, 9.17) is 21.1 Å². The van der Waals surface area contributed by atoms with E-state index in [1.165, 1.54) is 21.6 Å². The Kier molecular flexibility index (Phi) is 10.8. The lowest BCUT2D eigenvalue weighted by atomic mass is 9.97. The average molecular weight is 806 g/mol. The van der Waals surface area contributed by atoms with Crippen LogP contribution in [-0.4, -0.2) is 69.0 Å². The molecule has 0 aliphatic carbocycles. The quantitative estimate of drug-likeness (QED) is 0.184. The van der Waals surface area contributed by atoms with Crippen LogP contribution in [0.5, 0.6) is 0 Å². The number of rotatable bonds is 5. The van der Waals surface area contributed by atoms with E-state index in [0.717, 1.165) is 17.4 Å². The van der Waals surface area contributed by atoms with Crippen LogP contribution in [0.1, 0.15) is 78.1 Å². The maximum atomic E-state index is 17.0. The number of nitrogens with zero attached hydrogens (tertiary/aromatic N) is 6. The van der Waals surface area contributed by atoms with Crippen molar-refractivity contribution in [1.29, 1.82) is 5.26 Å². The number of piperazine rings is 1. The number of anilines is 2. The number of nitriles is 1. The number of benzene rings is 2. The van der Waals surface area contributed by atoms with Gasteiger partial charge in [-0.05, 0) is 84.2 Å². The fraction of sp³-hybridized carbons (Fsp3) is 0.400. The SMILES string of the molecule is Cc1ccnc(C(C)C)c1-n1c(=O)c(C#N)c(N2CCN(C(=O)OC(C)(C)C)CC2)c2cc(F)c(-c3ccc(F)c4sc(NC(=O)OC(C)(C)C)nc34)c(Cl)c21. The summed E-state index contributed by atoms with van der Waals surface area (Å²) in [5.74, 6) is -1.68. The molecule has 0 unspecified atom stereocenters. The molecule has 1 saturated heterocycles. The highest BCUT2D eigenvalue weighted by molar-refractivity contribution is 7.22. The van der Waals surface area contributed by atoms with Gasteiger partial charge in [0, 0.05) is 48.9 Å². The Morgan fingerprint density at radius 1 is 1.00 bits per heavy atom. The first-order valence-corrected chi connectivity index (χ1v) is 19.2. The van der Waals surface area contributed by atoms with E-state index in [1.807, 2.05) is 13.8 Å². The predicted molar refractivity (Wildman–Crippen MR) is 214 cm³/mol. The minimum absolute atomic E-state index is 0.00820. The molecule has 16 heteroatoms. The fourth-order valence-electron chi connectivity index (χ4n) is 6.69. The highest BCUT2D eigenvalue weighted by Crippen LogP contribution is 2.45. The van der Waals surface area contributed by atoms with Crippen LogP contribution in [0.3, 0.4) is 0 Å². The molecule has 56 heavy (non-hydrogen) atoms. The normalized spacial score (nSPS) is 13.7. The Morgan fingerprint density at radius 2 is 1.66 bits per heavy atom. The van der Waals surface area contributed by atoms with Crippen molar-refractivity contribution in [3.63, 3.8) is 0 Å². The Hall–Kier alpha value is -5.33. The minimum atomic E-state index is -0.834. The summed E-state index contributed by atoms with van der Waals surface area (Å²) in [4.78, 5) is 52.7. The molecule has 12 nitrogen and oxygen atoms in total. The molecule has 2 aromatic carbocycles. The number of aryl methyl sites for hydroxylation is 1. The second-order valence-electron chi connectivity index (χ2n) is 15.8. The van der Waals surface area contributed by atoms with Gasteiger partial charge in [-0.3, -0.25) is 19.7 Å². The van der Waals surface area contributed by atoms with Gasteiger partial charge in [-0.15, -0.1) is 0 Å². The number of carbonyl (C=O) groups is 2. The second-order valence-corrected chi connectivity index (χ2v) is 17.2. The third kappa shape index (κ3) is 7.72. The van der Waals surface area contributed by atoms with Gasteiger partial charge < -0.3 is 19.3 Å². The summed E-state index contributed by atoms with van der Waals surface area (Å²) in [5, 5.41) is 13.1. The zero-order valence-corrected chi connectivity index (χ0v) is 34.1. The Morgan fingerprint density at radius 3 is 2.27 bits per heavy atom. The molecular formula is C40H42ClF2N7O5S. The predicted octanol–water partition coefficient (Wildman–Crippen LogP) is 9.30. The molecule has 2 amide bonds. The molecule has 294 valence electrons. The number of nitrogens with one attached hydrogen (secondary N) is 1. The Balaban J connectivity index is 1.62. The maximum absolute atomic E-state index is 17.0. The zero-order chi connectivity index (χ0) is 41.0. The Labute approximate surface area is 331 Å². The first-order chi connectivity index (χ1) is 26.2. The standard InChI is InChI=1S/C40H42ClF2N7O5S/c1-20(2)29-31(21(3)12-13-45-29)50-33-23(32(24(19-44)35(50)51)48-14-16-49(17-15-48)38(53)55-40(7,8)9)18-26(43)27(28(33)41)22-10-11-25(42)34-30(22)46-36(56-34)47-37(52)54-39(4,5)6/h10-13,18,20H,14-17H2,1-9H3,(H,46,47,52). The van der Waals surface area contributed by atoms with E-state index in [9.17, 15) is 19.6 Å². The van der Waals surface area contributed by atoms with Gasteiger partial charge in [0.25, 0.3) is 5.56 Å². The molecular weight excluding hydrogens is 764 g/mol. The smallest absolute Gasteiger partial charge is 0.413 e. The number of amides is 2. The monoisotopic (exact) mass is 805 g/mol. The number of halogens is 3. The van der Waals surface area contributed by atoms with Crippen LogP contribution in [0.2, 0.25) is 5.02 Å². The molecule has 1 N–H and O–H groups in total. The van der Waals surface area contributed by atoms with E-state index < -0.39 is 40.6 Å². The molecule has 6 rings (SSSR count). The molecule has 0 bridgehead atoms. The minimum Gasteiger partial charge on any atom is -0.444 e. The summed E-state index contributed by atoms with van der Waals surface area (Å²) < 4.78 is 44.5. The largest absolute Gasteiger partial charge is 0.444 e. The number of hydrogen-bond acceptors (Lipinski definition) is 10. The van der Waals surface area contributed by atoms with E-state index >= 15 is 8.78 Å².